The van der Waals surface area contributed by atoms with Crippen LogP contribution < -0.4 is 5.56 Å². The molecule has 0 aliphatic rings. The Kier molecular flexibility index (Phi) is 6.47. The van der Waals surface area contributed by atoms with Gasteiger partial charge in [0.1, 0.15) is 11.6 Å². The quantitative estimate of drug-likeness (QED) is 0.317. The molecule has 7 heteroatoms. The van der Waals surface area contributed by atoms with Gasteiger partial charge in [0, 0.05) is 23.4 Å². The highest BCUT2D eigenvalue weighted by atomic mass is 16.3. The molecule has 0 aliphatic carbocycles. The van der Waals surface area contributed by atoms with E-state index in [9.17, 15) is 20.0 Å². The van der Waals surface area contributed by atoms with Gasteiger partial charge in [0.15, 0.2) is 5.78 Å². The van der Waals surface area contributed by atoms with Gasteiger partial charge in [-0.25, -0.2) is 4.68 Å². The van der Waals surface area contributed by atoms with E-state index in [1.165, 1.54) is 13.0 Å². The lowest BCUT2D eigenvalue weighted by atomic mass is 10.00. The average molecular weight is 465 g/mol. The molecular formula is C28H24N4O3. The summed E-state index contributed by atoms with van der Waals surface area (Å²) in [5, 5.41) is 25.0. The molecular weight excluding hydrogens is 440 g/mol. The Hall–Kier alpha value is -4.70. The number of para-hydroxylation sites is 1. The average Bonchev–Trinajstić information content (AvgIpc) is 3.28. The minimum Gasteiger partial charge on any atom is -0.494 e. The topological polar surface area (TPSA) is 101 Å². The van der Waals surface area contributed by atoms with E-state index in [-0.39, 0.29) is 16.7 Å². The molecule has 0 saturated heterocycles. The normalized spacial score (nSPS) is 11.2. The summed E-state index contributed by atoms with van der Waals surface area (Å²) in [6.07, 6.45) is 4.79. The first-order chi connectivity index (χ1) is 16.8. The fraction of sp³-hybridized carbons (Fsp3) is 0.143. The van der Waals surface area contributed by atoms with Gasteiger partial charge in [0.25, 0.3) is 5.56 Å². The van der Waals surface area contributed by atoms with Gasteiger partial charge in [-0.15, -0.1) is 0 Å². The Morgan fingerprint density at radius 3 is 2.31 bits per heavy atom. The summed E-state index contributed by atoms with van der Waals surface area (Å²) in [7, 11) is 0. The van der Waals surface area contributed by atoms with E-state index >= 15 is 0 Å². The van der Waals surface area contributed by atoms with Crippen LogP contribution >= 0.6 is 0 Å². The first-order valence-electron chi connectivity index (χ1n) is 11.1. The molecule has 0 unspecified atom stereocenters. The number of allylic oxidation sites excluding steroid dienone is 1. The Labute approximate surface area is 202 Å². The fourth-order valence-corrected chi connectivity index (χ4v) is 3.99. The zero-order valence-electron chi connectivity index (χ0n) is 19.6. The lowest BCUT2D eigenvalue weighted by Gasteiger charge is -2.17. The summed E-state index contributed by atoms with van der Waals surface area (Å²) in [6.45, 7) is 4.89. The van der Waals surface area contributed by atoms with Gasteiger partial charge in [-0.1, -0.05) is 48.5 Å². The van der Waals surface area contributed by atoms with Crippen LogP contribution in [0.3, 0.4) is 0 Å². The lowest BCUT2D eigenvalue weighted by molar-refractivity contribution is 0.104. The summed E-state index contributed by atoms with van der Waals surface area (Å²) in [4.78, 5) is 25.9. The van der Waals surface area contributed by atoms with Crippen LogP contribution in [-0.2, 0) is 0 Å². The van der Waals surface area contributed by atoms with Crippen LogP contribution in [0.5, 0.6) is 5.88 Å². The number of nitrogens with zero attached hydrogens (tertiary/aromatic N) is 4. The lowest BCUT2D eigenvalue weighted by Crippen LogP contribution is -2.27. The van der Waals surface area contributed by atoms with Crippen LogP contribution in [0.25, 0.3) is 23.0 Å². The third-order valence-corrected chi connectivity index (χ3v) is 5.73. The van der Waals surface area contributed by atoms with Gasteiger partial charge in [0.2, 0.25) is 5.88 Å². The van der Waals surface area contributed by atoms with Gasteiger partial charge in [-0.3, -0.25) is 14.2 Å². The van der Waals surface area contributed by atoms with Crippen LogP contribution in [-0.4, -0.2) is 25.2 Å². The second-order valence-corrected chi connectivity index (χ2v) is 8.36. The zero-order chi connectivity index (χ0) is 25.1. The molecule has 0 spiro atoms. The van der Waals surface area contributed by atoms with Gasteiger partial charge >= 0.3 is 0 Å². The molecule has 0 bridgehead atoms. The summed E-state index contributed by atoms with van der Waals surface area (Å²) in [5.74, 6) is -0.961. The van der Waals surface area contributed by atoms with Gasteiger partial charge in [-0.2, -0.15) is 10.4 Å². The van der Waals surface area contributed by atoms with Crippen molar-refractivity contribution in [3.05, 3.63) is 106 Å². The van der Waals surface area contributed by atoms with Crippen molar-refractivity contribution in [2.45, 2.75) is 26.8 Å². The Balaban J connectivity index is 1.82. The van der Waals surface area contributed by atoms with Gasteiger partial charge in [0.05, 0.1) is 16.9 Å². The molecule has 4 rings (SSSR count). The third-order valence-electron chi connectivity index (χ3n) is 5.73. The molecule has 2 aromatic heterocycles. The number of hydrogen-bond donors (Lipinski definition) is 1. The van der Waals surface area contributed by atoms with Crippen molar-refractivity contribution in [3.63, 3.8) is 0 Å². The van der Waals surface area contributed by atoms with Crippen LogP contribution in [0.2, 0.25) is 0 Å². The third kappa shape index (κ3) is 4.42. The predicted molar refractivity (Wildman–Crippen MR) is 135 cm³/mol. The molecule has 0 radical (unpaired) electrons. The molecule has 0 saturated carbocycles. The van der Waals surface area contributed by atoms with Crippen molar-refractivity contribution in [1.29, 1.82) is 5.26 Å². The number of carbonyl (C=O) groups excluding carboxylic acids is 1. The highest BCUT2D eigenvalue weighted by molar-refractivity contribution is 6.09. The summed E-state index contributed by atoms with van der Waals surface area (Å²) in [5.41, 5.74) is 2.45. The van der Waals surface area contributed by atoms with E-state index in [0.717, 1.165) is 15.8 Å². The minimum atomic E-state index is -0.617. The van der Waals surface area contributed by atoms with E-state index in [0.29, 0.717) is 11.3 Å². The number of pyridine rings is 1. The van der Waals surface area contributed by atoms with Crippen molar-refractivity contribution in [3.8, 4) is 28.9 Å². The SMILES string of the molecule is Cc1c(C(=O)/C=C/c2cn(-c3ccccc3)nc2-c2ccccc2)c(O)n(C(C)C)c(=O)c1C#N. The second kappa shape index (κ2) is 9.65. The molecule has 0 aliphatic heterocycles. The maximum absolute atomic E-state index is 13.2. The maximum Gasteiger partial charge on any atom is 0.271 e. The molecule has 4 aromatic rings. The Bertz CT molecular complexity index is 1520. The number of carbonyl (C=O) groups is 1. The number of hydrogen-bond acceptors (Lipinski definition) is 5. The summed E-state index contributed by atoms with van der Waals surface area (Å²) >= 11 is 0. The van der Waals surface area contributed by atoms with Crippen LogP contribution in [0.4, 0.5) is 0 Å². The highest BCUT2D eigenvalue weighted by Gasteiger charge is 2.24. The molecule has 0 atom stereocenters. The molecule has 0 amide bonds. The number of benzene rings is 2. The number of ketones is 1. The molecule has 1 N–H and O–H groups in total. The maximum atomic E-state index is 13.2. The summed E-state index contributed by atoms with van der Waals surface area (Å²) < 4.78 is 2.80. The van der Waals surface area contributed by atoms with E-state index in [4.69, 9.17) is 5.10 Å². The molecule has 35 heavy (non-hydrogen) atoms. The largest absolute Gasteiger partial charge is 0.494 e. The van der Waals surface area contributed by atoms with Crippen LogP contribution in [0, 0.1) is 18.3 Å². The van der Waals surface area contributed by atoms with E-state index in [2.05, 4.69) is 0 Å². The summed E-state index contributed by atoms with van der Waals surface area (Å²) in [6, 6.07) is 20.7. The van der Waals surface area contributed by atoms with Crippen molar-refractivity contribution in [2.24, 2.45) is 0 Å². The highest BCUT2D eigenvalue weighted by Crippen LogP contribution is 2.27. The smallest absolute Gasteiger partial charge is 0.271 e. The number of aromatic hydroxyl groups is 1. The molecule has 7 nitrogen and oxygen atoms in total. The predicted octanol–water partition coefficient (Wildman–Crippen LogP) is 5.06. The van der Waals surface area contributed by atoms with E-state index in [1.54, 1.807) is 24.6 Å². The molecule has 174 valence electrons. The number of nitriles is 1. The number of rotatable bonds is 6. The minimum absolute atomic E-state index is 0.0668. The van der Waals surface area contributed by atoms with Crippen LogP contribution in [0.15, 0.2) is 77.7 Å². The van der Waals surface area contributed by atoms with Crippen molar-refractivity contribution in [2.75, 3.05) is 0 Å². The van der Waals surface area contributed by atoms with Gasteiger partial charge < -0.3 is 5.11 Å². The molecule has 2 heterocycles. The molecule has 2 aromatic carbocycles. The monoisotopic (exact) mass is 464 g/mol. The Morgan fingerprint density at radius 2 is 1.71 bits per heavy atom. The van der Waals surface area contributed by atoms with Crippen LogP contribution in [0.1, 0.15) is 46.9 Å². The van der Waals surface area contributed by atoms with Gasteiger partial charge in [-0.05, 0) is 50.6 Å². The fourth-order valence-electron chi connectivity index (χ4n) is 3.99. The van der Waals surface area contributed by atoms with Crippen molar-refractivity contribution < 1.29 is 9.90 Å². The van der Waals surface area contributed by atoms with E-state index in [1.807, 2.05) is 72.9 Å². The first-order valence-corrected chi connectivity index (χ1v) is 11.1. The number of aromatic nitrogens is 3. The second-order valence-electron chi connectivity index (χ2n) is 8.36. The Morgan fingerprint density at radius 1 is 1.09 bits per heavy atom. The molecule has 0 fully saturated rings. The van der Waals surface area contributed by atoms with Crippen molar-refractivity contribution >= 4 is 11.9 Å². The first kappa shape index (κ1) is 23.5. The standard InChI is InChI=1S/C28H24N4O3/c1-18(2)32-27(34)23(16-29)19(3)25(28(32)35)24(33)15-14-21-17-31(22-12-8-5-9-13-22)30-26(21)20-10-6-4-7-11-20/h4-15,17-18,35H,1-3H3/b15-14+. The zero-order valence-corrected chi connectivity index (χ0v) is 19.6. The van der Waals surface area contributed by atoms with Crippen molar-refractivity contribution in [1.82, 2.24) is 14.3 Å². The van der Waals surface area contributed by atoms with E-state index < -0.39 is 23.3 Å².